The van der Waals surface area contributed by atoms with Gasteiger partial charge in [-0.25, -0.2) is 4.98 Å². The Kier molecular flexibility index (Phi) is 4.95. The minimum atomic E-state index is -4.12. The van der Waals surface area contributed by atoms with E-state index in [0.717, 1.165) is 0 Å². The molecule has 0 aromatic carbocycles. The molecule has 1 rings (SSSR count). The lowest BCUT2D eigenvalue weighted by Gasteiger charge is -2.06. The standard InChI is InChI=1S/C9H10ClF3N2O/c10-8-5-14-7(4-15-8)6-16-3-1-2-9(11,12)13/h4-5H,1-3,6H2. The van der Waals surface area contributed by atoms with Gasteiger partial charge in [-0.15, -0.1) is 0 Å². The van der Waals surface area contributed by atoms with Gasteiger partial charge in [0, 0.05) is 13.0 Å². The fraction of sp³-hybridized carbons (Fsp3) is 0.556. The van der Waals surface area contributed by atoms with Crippen molar-refractivity contribution in [3.05, 3.63) is 23.2 Å². The maximum absolute atomic E-state index is 11.8. The van der Waals surface area contributed by atoms with Crippen molar-refractivity contribution in [1.29, 1.82) is 0 Å². The van der Waals surface area contributed by atoms with Crippen molar-refractivity contribution in [2.45, 2.75) is 25.6 Å². The van der Waals surface area contributed by atoms with Crippen LogP contribution in [0.15, 0.2) is 12.4 Å². The molecule has 1 aromatic rings. The third-order valence-electron chi connectivity index (χ3n) is 1.67. The van der Waals surface area contributed by atoms with Crippen molar-refractivity contribution >= 4 is 11.6 Å². The number of hydrogen-bond acceptors (Lipinski definition) is 3. The first kappa shape index (κ1) is 13.2. The van der Waals surface area contributed by atoms with Crippen LogP contribution in [0.2, 0.25) is 5.15 Å². The van der Waals surface area contributed by atoms with Crippen LogP contribution < -0.4 is 0 Å². The van der Waals surface area contributed by atoms with Crippen molar-refractivity contribution in [3.8, 4) is 0 Å². The van der Waals surface area contributed by atoms with E-state index < -0.39 is 12.6 Å². The van der Waals surface area contributed by atoms with Gasteiger partial charge in [-0.3, -0.25) is 4.98 Å². The number of nitrogens with zero attached hydrogens (tertiary/aromatic N) is 2. The van der Waals surface area contributed by atoms with Crippen LogP contribution in [0.1, 0.15) is 18.5 Å². The number of rotatable bonds is 5. The molecule has 0 unspecified atom stereocenters. The summed E-state index contributed by atoms with van der Waals surface area (Å²) < 4.78 is 40.3. The second-order valence-corrected chi connectivity index (χ2v) is 3.49. The van der Waals surface area contributed by atoms with Gasteiger partial charge in [0.05, 0.1) is 24.7 Å². The van der Waals surface area contributed by atoms with Crippen LogP contribution in [0.5, 0.6) is 0 Å². The second kappa shape index (κ2) is 6.00. The van der Waals surface area contributed by atoms with E-state index >= 15 is 0 Å². The summed E-state index contributed by atoms with van der Waals surface area (Å²) in [6.07, 6.45) is -2.23. The number of hydrogen-bond donors (Lipinski definition) is 0. The zero-order valence-corrected chi connectivity index (χ0v) is 9.05. The Bertz CT molecular complexity index is 316. The molecule has 90 valence electrons. The summed E-state index contributed by atoms with van der Waals surface area (Å²) in [7, 11) is 0. The molecule has 0 fully saturated rings. The first-order valence-electron chi connectivity index (χ1n) is 4.58. The van der Waals surface area contributed by atoms with Crippen LogP contribution in [-0.4, -0.2) is 22.8 Å². The number of aromatic nitrogens is 2. The second-order valence-electron chi connectivity index (χ2n) is 3.10. The van der Waals surface area contributed by atoms with Gasteiger partial charge in [-0.05, 0) is 6.42 Å². The molecular weight excluding hydrogens is 245 g/mol. The van der Waals surface area contributed by atoms with E-state index in [2.05, 4.69) is 9.97 Å². The number of alkyl halides is 3. The van der Waals surface area contributed by atoms with Crippen molar-refractivity contribution in [3.63, 3.8) is 0 Å². The quantitative estimate of drug-likeness (QED) is 0.758. The van der Waals surface area contributed by atoms with Gasteiger partial charge in [-0.1, -0.05) is 11.6 Å². The van der Waals surface area contributed by atoms with E-state index in [1.54, 1.807) is 0 Å². The minimum Gasteiger partial charge on any atom is -0.375 e. The average molecular weight is 255 g/mol. The van der Waals surface area contributed by atoms with Crippen molar-refractivity contribution in [2.75, 3.05) is 6.61 Å². The number of halogens is 4. The van der Waals surface area contributed by atoms with E-state index in [-0.39, 0.29) is 24.8 Å². The van der Waals surface area contributed by atoms with E-state index in [1.165, 1.54) is 12.4 Å². The lowest BCUT2D eigenvalue weighted by Crippen LogP contribution is -2.09. The largest absolute Gasteiger partial charge is 0.389 e. The summed E-state index contributed by atoms with van der Waals surface area (Å²) in [5.41, 5.74) is 0.538. The predicted octanol–water partition coefficient (Wildman–Crippen LogP) is 2.99. The van der Waals surface area contributed by atoms with Crippen molar-refractivity contribution < 1.29 is 17.9 Å². The summed E-state index contributed by atoms with van der Waals surface area (Å²) >= 11 is 5.51. The Morgan fingerprint density at radius 2 is 2.00 bits per heavy atom. The Labute approximate surface area is 95.6 Å². The molecule has 0 saturated carbocycles. The number of ether oxygens (including phenoxy) is 1. The fourth-order valence-electron chi connectivity index (χ4n) is 0.965. The first-order chi connectivity index (χ1) is 7.47. The summed E-state index contributed by atoms with van der Waals surface area (Å²) in [6, 6.07) is 0. The summed E-state index contributed by atoms with van der Waals surface area (Å²) in [5.74, 6) is 0. The Balaban J connectivity index is 2.14. The molecule has 16 heavy (non-hydrogen) atoms. The van der Waals surface area contributed by atoms with Crippen molar-refractivity contribution in [1.82, 2.24) is 9.97 Å². The van der Waals surface area contributed by atoms with Crippen LogP contribution in [0.4, 0.5) is 13.2 Å². The van der Waals surface area contributed by atoms with Crippen LogP contribution in [-0.2, 0) is 11.3 Å². The molecule has 0 spiro atoms. The zero-order valence-electron chi connectivity index (χ0n) is 8.30. The summed E-state index contributed by atoms with van der Waals surface area (Å²) in [5, 5.41) is 0.265. The lowest BCUT2D eigenvalue weighted by atomic mass is 10.3. The highest BCUT2D eigenvalue weighted by molar-refractivity contribution is 6.29. The van der Waals surface area contributed by atoms with Crippen molar-refractivity contribution in [2.24, 2.45) is 0 Å². The minimum absolute atomic E-state index is 0.0455. The zero-order chi connectivity index (χ0) is 12.0. The van der Waals surface area contributed by atoms with Crippen LogP contribution in [0, 0.1) is 0 Å². The average Bonchev–Trinajstić information content (AvgIpc) is 2.19. The third kappa shape index (κ3) is 5.87. The molecule has 1 aromatic heterocycles. The lowest BCUT2D eigenvalue weighted by molar-refractivity contribution is -0.138. The molecule has 1 heterocycles. The molecule has 0 aliphatic rings. The predicted molar refractivity (Wildman–Crippen MR) is 52.0 cm³/mol. The normalized spacial score (nSPS) is 11.8. The fourth-order valence-corrected chi connectivity index (χ4v) is 1.06. The highest BCUT2D eigenvalue weighted by atomic mass is 35.5. The van der Waals surface area contributed by atoms with Gasteiger partial charge in [-0.2, -0.15) is 13.2 Å². The van der Waals surface area contributed by atoms with Gasteiger partial charge in [0.15, 0.2) is 0 Å². The smallest absolute Gasteiger partial charge is 0.375 e. The Morgan fingerprint density at radius 3 is 2.56 bits per heavy atom. The highest BCUT2D eigenvalue weighted by Crippen LogP contribution is 2.21. The summed E-state index contributed by atoms with van der Waals surface area (Å²) in [4.78, 5) is 7.64. The molecule has 3 nitrogen and oxygen atoms in total. The Morgan fingerprint density at radius 1 is 1.25 bits per heavy atom. The molecule has 7 heteroatoms. The van der Waals surface area contributed by atoms with E-state index in [4.69, 9.17) is 16.3 Å². The van der Waals surface area contributed by atoms with Crippen LogP contribution >= 0.6 is 11.6 Å². The summed E-state index contributed by atoms with van der Waals surface area (Å²) in [6.45, 7) is 0.186. The maximum atomic E-state index is 11.8. The van der Waals surface area contributed by atoms with Gasteiger partial charge < -0.3 is 4.74 Å². The molecule has 0 N–H and O–H groups in total. The highest BCUT2D eigenvalue weighted by Gasteiger charge is 2.25. The van der Waals surface area contributed by atoms with Gasteiger partial charge in [0.2, 0.25) is 0 Å². The Hall–Kier alpha value is -0.880. The van der Waals surface area contributed by atoms with Gasteiger partial charge >= 0.3 is 6.18 Å². The topological polar surface area (TPSA) is 35.0 Å². The molecule has 0 radical (unpaired) electrons. The maximum Gasteiger partial charge on any atom is 0.389 e. The molecule has 0 bridgehead atoms. The van der Waals surface area contributed by atoms with E-state index in [0.29, 0.717) is 5.69 Å². The third-order valence-corrected chi connectivity index (χ3v) is 1.87. The molecule has 0 aliphatic carbocycles. The SMILES string of the molecule is FC(F)(F)CCCOCc1cnc(Cl)cn1. The molecule has 0 atom stereocenters. The van der Waals surface area contributed by atoms with E-state index in [1.807, 2.05) is 0 Å². The first-order valence-corrected chi connectivity index (χ1v) is 4.96. The van der Waals surface area contributed by atoms with E-state index in [9.17, 15) is 13.2 Å². The molecular formula is C9H10ClF3N2O. The van der Waals surface area contributed by atoms with Crippen LogP contribution in [0.3, 0.4) is 0 Å². The molecule has 0 aliphatic heterocycles. The molecule has 0 amide bonds. The van der Waals surface area contributed by atoms with Crippen LogP contribution in [0.25, 0.3) is 0 Å². The van der Waals surface area contributed by atoms with Gasteiger partial charge in [0.25, 0.3) is 0 Å². The van der Waals surface area contributed by atoms with Gasteiger partial charge in [0.1, 0.15) is 5.15 Å². The molecule has 0 saturated heterocycles. The monoisotopic (exact) mass is 254 g/mol.